The van der Waals surface area contributed by atoms with Crippen molar-refractivity contribution in [3.8, 4) is 28.3 Å². The van der Waals surface area contributed by atoms with Crippen molar-refractivity contribution in [2.24, 2.45) is 12.8 Å². The Morgan fingerprint density at radius 1 is 1.24 bits per heavy atom. The number of nitrogens with zero attached hydrogens (tertiary/aromatic N) is 6. The Morgan fingerprint density at radius 3 is 2.81 bits per heavy atom. The zero-order valence-electron chi connectivity index (χ0n) is 23.4. The summed E-state index contributed by atoms with van der Waals surface area (Å²) in [6.45, 7) is 2.44. The lowest BCUT2D eigenvalue weighted by molar-refractivity contribution is 0.0988. The minimum atomic E-state index is -0.570. The number of ketones is 1. The van der Waals surface area contributed by atoms with Gasteiger partial charge in [-0.15, -0.1) is 11.3 Å². The molecule has 0 saturated carbocycles. The fraction of sp³-hybridized carbons (Fsp3) is 0.300. The molecule has 2 aromatic carbocycles. The number of Topliss-reactive ketones (excluding diaryl/α,β-unsaturated/α-hetero) is 1. The third-order valence-corrected chi connectivity index (χ3v) is 8.46. The Labute approximate surface area is 245 Å². The summed E-state index contributed by atoms with van der Waals surface area (Å²) in [6, 6.07) is 8.40. The maximum atomic E-state index is 15.9. The van der Waals surface area contributed by atoms with Crippen LogP contribution in [0.4, 0.5) is 10.1 Å². The predicted octanol–water partition coefficient (Wildman–Crippen LogP) is 3.93. The second-order valence-corrected chi connectivity index (χ2v) is 11.6. The fourth-order valence-corrected chi connectivity index (χ4v) is 6.44. The van der Waals surface area contributed by atoms with Gasteiger partial charge in [0, 0.05) is 49.6 Å². The van der Waals surface area contributed by atoms with Gasteiger partial charge in [0.05, 0.1) is 46.9 Å². The van der Waals surface area contributed by atoms with Crippen LogP contribution in [0.2, 0.25) is 0 Å². The molecule has 3 aromatic heterocycles. The van der Waals surface area contributed by atoms with Gasteiger partial charge in [0.2, 0.25) is 0 Å². The smallest absolute Gasteiger partial charge is 0.185 e. The second-order valence-electron chi connectivity index (χ2n) is 10.4. The summed E-state index contributed by atoms with van der Waals surface area (Å²) in [5.74, 6) is -0.550. The number of thiazole rings is 1. The average molecular weight is 588 g/mol. The number of hydrogen-bond acceptors (Lipinski definition) is 10. The van der Waals surface area contributed by atoms with Crippen LogP contribution in [0.15, 0.2) is 48.9 Å². The number of nitrogens with two attached hydrogens (primary N) is 1. The summed E-state index contributed by atoms with van der Waals surface area (Å²) in [7, 11) is 3.20. The number of methoxy groups -OCH3 is 1. The molecular formula is C30H30FN7O3S. The summed E-state index contributed by atoms with van der Waals surface area (Å²) >= 11 is 1.57. The van der Waals surface area contributed by atoms with Crippen molar-refractivity contribution in [3.05, 3.63) is 71.0 Å². The van der Waals surface area contributed by atoms with Crippen LogP contribution < -0.4 is 15.4 Å². The molecule has 0 amide bonds. The molecule has 1 fully saturated rings. The van der Waals surface area contributed by atoms with Crippen LogP contribution in [-0.4, -0.2) is 68.0 Å². The van der Waals surface area contributed by atoms with Gasteiger partial charge in [-0.2, -0.15) is 5.10 Å². The molecule has 1 aliphatic heterocycles. The number of rotatable bonds is 8. The summed E-state index contributed by atoms with van der Waals surface area (Å²) in [4.78, 5) is 29.4. The van der Waals surface area contributed by atoms with E-state index in [1.54, 1.807) is 47.6 Å². The van der Waals surface area contributed by atoms with Crippen molar-refractivity contribution < 1.29 is 19.0 Å². The molecule has 12 heteroatoms. The standard InChI is InChI=1S/C30H30FN7O3S/c1-16-35-28-25(42-16)7-4-17(29(28)38-14-19(32)11-20(38)15-39)10-23(40)22-8-9-33-30(36-22)26-24(41-3)6-5-21(27(26)31)18-12-34-37(2)13-18/h4-9,12-13,19-20,39H,10-11,14-15,32H2,1-3H3/t19-,20+/m1/s1. The van der Waals surface area contributed by atoms with Crippen molar-refractivity contribution in [3.63, 3.8) is 0 Å². The van der Waals surface area contributed by atoms with Gasteiger partial charge < -0.3 is 20.5 Å². The van der Waals surface area contributed by atoms with E-state index in [0.717, 1.165) is 26.5 Å². The van der Waals surface area contributed by atoms with Crippen molar-refractivity contribution in [1.29, 1.82) is 0 Å². The van der Waals surface area contributed by atoms with Crippen molar-refractivity contribution in [2.75, 3.05) is 25.2 Å². The number of carbonyl (C=O) groups excluding carboxylic acids is 1. The lowest BCUT2D eigenvalue weighted by Gasteiger charge is -2.28. The number of aromatic nitrogens is 5. The summed E-state index contributed by atoms with van der Waals surface area (Å²) in [6.07, 6.45) is 5.40. The number of aliphatic hydroxyl groups excluding tert-OH is 1. The van der Waals surface area contributed by atoms with E-state index in [9.17, 15) is 9.90 Å². The Bertz CT molecular complexity index is 1800. The van der Waals surface area contributed by atoms with E-state index in [1.807, 2.05) is 19.1 Å². The van der Waals surface area contributed by atoms with E-state index in [-0.39, 0.29) is 53.7 Å². The van der Waals surface area contributed by atoms with E-state index < -0.39 is 5.82 Å². The number of halogens is 1. The van der Waals surface area contributed by atoms with Crippen LogP contribution >= 0.6 is 11.3 Å². The van der Waals surface area contributed by atoms with E-state index in [0.29, 0.717) is 24.1 Å². The minimum absolute atomic E-state index is 0.0253. The first kappa shape index (κ1) is 27.9. The molecule has 0 bridgehead atoms. The van der Waals surface area contributed by atoms with Crippen LogP contribution in [0.1, 0.15) is 27.5 Å². The van der Waals surface area contributed by atoms with Crippen LogP contribution in [-0.2, 0) is 13.5 Å². The zero-order valence-corrected chi connectivity index (χ0v) is 24.2. The summed E-state index contributed by atoms with van der Waals surface area (Å²) < 4.78 is 24.0. The molecule has 5 aromatic rings. The molecule has 1 saturated heterocycles. The Kier molecular flexibility index (Phi) is 7.43. The maximum Gasteiger partial charge on any atom is 0.185 e. The predicted molar refractivity (Wildman–Crippen MR) is 159 cm³/mol. The molecule has 0 spiro atoms. The minimum Gasteiger partial charge on any atom is -0.496 e. The van der Waals surface area contributed by atoms with E-state index in [2.05, 4.69) is 20.0 Å². The van der Waals surface area contributed by atoms with E-state index in [1.165, 1.54) is 19.4 Å². The number of hydrogen-bond donors (Lipinski definition) is 2. The zero-order chi connectivity index (χ0) is 29.5. The average Bonchev–Trinajstić information content (AvgIpc) is 3.69. The second kappa shape index (κ2) is 11.2. The number of fused-ring (bicyclic) bond motifs is 1. The Hall–Kier alpha value is -4.26. The molecule has 6 rings (SSSR count). The molecule has 2 atom stereocenters. The van der Waals surface area contributed by atoms with E-state index >= 15 is 4.39 Å². The van der Waals surface area contributed by atoms with Gasteiger partial charge in [0.25, 0.3) is 0 Å². The lowest BCUT2D eigenvalue weighted by atomic mass is 10.0. The molecule has 0 radical (unpaired) electrons. The Morgan fingerprint density at radius 2 is 2.07 bits per heavy atom. The molecule has 0 unspecified atom stereocenters. The highest BCUT2D eigenvalue weighted by molar-refractivity contribution is 7.18. The lowest BCUT2D eigenvalue weighted by Crippen LogP contribution is -2.34. The topological polar surface area (TPSA) is 132 Å². The molecule has 1 aliphatic rings. The number of benzene rings is 2. The van der Waals surface area contributed by atoms with Gasteiger partial charge in [-0.05, 0) is 43.2 Å². The fourth-order valence-electron chi connectivity index (χ4n) is 5.61. The van der Waals surface area contributed by atoms with Crippen LogP contribution in [0, 0.1) is 12.7 Å². The number of anilines is 1. The van der Waals surface area contributed by atoms with E-state index in [4.69, 9.17) is 15.5 Å². The van der Waals surface area contributed by atoms with Crippen LogP contribution in [0.3, 0.4) is 0 Å². The third-order valence-electron chi connectivity index (χ3n) is 7.52. The van der Waals surface area contributed by atoms with Gasteiger partial charge in [-0.25, -0.2) is 19.3 Å². The first-order valence-electron chi connectivity index (χ1n) is 13.5. The van der Waals surface area contributed by atoms with Gasteiger partial charge >= 0.3 is 0 Å². The highest BCUT2D eigenvalue weighted by atomic mass is 32.1. The number of ether oxygens (including phenoxy) is 1. The highest BCUT2D eigenvalue weighted by Gasteiger charge is 2.33. The first-order valence-corrected chi connectivity index (χ1v) is 14.3. The maximum absolute atomic E-state index is 15.9. The monoisotopic (exact) mass is 587 g/mol. The van der Waals surface area contributed by atoms with Crippen LogP contribution in [0.25, 0.3) is 32.7 Å². The van der Waals surface area contributed by atoms with Gasteiger partial charge in [0.1, 0.15) is 22.8 Å². The highest BCUT2D eigenvalue weighted by Crippen LogP contribution is 2.39. The van der Waals surface area contributed by atoms with Gasteiger partial charge in [-0.1, -0.05) is 6.07 Å². The normalized spacial score (nSPS) is 16.9. The number of aryl methyl sites for hydroxylation is 2. The third kappa shape index (κ3) is 5.02. The summed E-state index contributed by atoms with van der Waals surface area (Å²) in [5, 5.41) is 15.1. The molecule has 4 heterocycles. The number of aliphatic hydroxyl groups is 1. The first-order chi connectivity index (χ1) is 20.3. The largest absolute Gasteiger partial charge is 0.496 e. The quantitative estimate of drug-likeness (QED) is 0.259. The Balaban J connectivity index is 1.38. The number of carbonyl (C=O) groups is 1. The van der Waals surface area contributed by atoms with Crippen molar-refractivity contribution >= 4 is 33.0 Å². The van der Waals surface area contributed by atoms with Crippen LogP contribution in [0.5, 0.6) is 5.75 Å². The molecule has 216 valence electrons. The summed E-state index contributed by atoms with van der Waals surface area (Å²) in [5.41, 5.74) is 9.75. The molecule has 3 N–H and O–H groups in total. The molecular weight excluding hydrogens is 557 g/mol. The molecule has 42 heavy (non-hydrogen) atoms. The SMILES string of the molecule is COc1ccc(-c2cnn(C)c2)c(F)c1-c1nccc(C(=O)Cc2ccc3sc(C)nc3c2N2C[C@H](N)C[C@H]2CO)n1. The van der Waals surface area contributed by atoms with Gasteiger partial charge in [0.15, 0.2) is 11.6 Å². The van der Waals surface area contributed by atoms with Gasteiger partial charge in [-0.3, -0.25) is 9.48 Å². The van der Waals surface area contributed by atoms with Crippen molar-refractivity contribution in [2.45, 2.75) is 31.8 Å². The van der Waals surface area contributed by atoms with Crippen molar-refractivity contribution in [1.82, 2.24) is 24.7 Å². The molecule has 10 nitrogen and oxygen atoms in total. The molecule has 0 aliphatic carbocycles.